The van der Waals surface area contributed by atoms with Gasteiger partial charge in [-0.15, -0.1) is 11.3 Å². The van der Waals surface area contributed by atoms with Gasteiger partial charge in [0.25, 0.3) is 0 Å². The van der Waals surface area contributed by atoms with Gasteiger partial charge in [-0.3, -0.25) is 0 Å². The van der Waals surface area contributed by atoms with Gasteiger partial charge in [0.15, 0.2) is 0 Å². The molecule has 1 aromatic carbocycles. The van der Waals surface area contributed by atoms with Crippen molar-refractivity contribution in [3.63, 3.8) is 0 Å². The maximum atomic E-state index is 10.1. The van der Waals surface area contributed by atoms with Crippen LogP contribution in [0, 0.1) is 0 Å². The normalized spacial score (nSPS) is 12.6. The molecule has 2 rings (SSSR count). The van der Waals surface area contributed by atoms with Gasteiger partial charge in [0.2, 0.25) is 0 Å². The number of hydrogen-bond acceptors (Lipinski definition) is 3. The van der Waals surface area contributed by atoms with Crippen LogP contribution in [0.3, 0.4) is 0 Å². The molecule has 1 aromatic heterocycles. The summed E-state index contributed by atoms with van der Waals surface area (Å²) in [5.41, 5.74) is 0.645. The summed E-state index contributed by atoms with van der Waals surface area (Å²) in [4.78, 5) is 1.20. The second-order valence-corrected chi connectivity index (χ2v) is 6.70. The Morgan fingerprint density at radius 2 is 2.11 bits per heavy atom. The maximum Gasteiger partial charge on any atom is 0.0929 e. The predicted octanol–water partition coefficient (Wildman–Crippen LogP) is 4.64. The van der Waals surface area contributed by atoms with Crippen LogP contribution >= 0.6 is 50.5 Å². The Balaban J connectivity index is 1.92. The van der Waals surface area contributed by atoms with E-state index >= 15 is 0 Å². The van der Waals surface area contributed by atoms with Gasteiger partial charge in [-0.2, -0.15) is 0 Å². The van der Waals surface area contributed by atoms with Crippen molar-refractivity contribution in [1.82, 2.24) is 5.32 Å². The number of halogens is 3. The van der Waals surface area contributed by atoms with Gasteiger partial charge in [-0.25, -0.2) is 0 Å². The topological polar surface area (TPSA) is 32.3 Å². The van der Waals surface area contributed by atoms with Crippen LogP contribution in [0.1, 0.15) is 16.5 Å². The molecule has 19 heavy (non-hydrogen) atoms. The fourth-order valence-electron chi connectivity index (χ4n) is 1.65. The van der Waals surface area contributed by atoms with E-state index in [4.69, 9.17) is 23.2 Å². The van der Waals surface area contributed by atoms with Crippen LogP contribution in [0.25, 0.3) is 0 Å². The van der Waals surface area contributed by atoms with E-state index in [0.29, 0.717) is 28.7 Å². The molecule has 6 heteroatoms. The quantitative estimate of drug-likeness (QED) is 0.791. The lowest BCUT2D eigenvalue weighted by Crippen LogP contribution is -2.21. The van der Waals surface area contributed by atoms with Crippen molar-refractivity contribution < 1.29 is 5.11 Å². The van der Waals surface area contributed by atoms with Gasteiger partial charge in [-0.1, -0.05) is 23.2 Å². The standard InChI is InChI=1S/C13H12BrCl2NOS/c14-10-3-4-19-13(10)7-17-6-12(18)9-5-8(15)1-2-11(9)16/h1-5,12,17-18H,6-7H2. The van der Waals surface area contributed by atoms with Crippen molar-refractivity contribution in [2.75, 3.05) is 6.54 Å². The first-order chi connectivity index (χ1) is 9.08. The summed E-state index contributed by atoms with van der Waals surface area (Å²) in [6, 6.07) is 7.10. The molecule has 0 aliphatic carbocycles. The molecule has 2 aromatic rings. The number of nitrogens with one attached hydrogen (secondary N) is 1. The van der Waals surface area contributed by atoms with Gasteiger partial charge in [0.1, 0.15) is 0 Å². The fraction of sp³-hybridized carbons (Fsp3) is 0.231. The van der Waals surface area contributed by atoms with Crippen LogP contribution in [0.4, 0.5) is 0 Å². The minimum Gasteiger partial charge on any atom is -0.387 e. The van der Waals surface area contributed by atoms with Gasteiger partial charge >= 0.3 is 0 Å². The molecule has 0 amide bonds. The van der Waals surface area contributed by atoms with E-state index in [9.17, 15) is 5.11 Å². The first-order valence-electron chi connectivity index (χ1n) is 5.63. The van der Waals surface area contributed by atoms with E-state index in [2.05, 4.69) is 21.2 Å². The van der Waals surface area contributed by atoms with E-state index < -0.39 is 6.10 Å². The van der Waals surface area contributed by atoms with Crippen LogP contribution in [-0.4, -0.2) is 11.7 Å². The summed E-state index contributed by atoms with van der Waals surface area (Å²) < 4.78 is 1.08. The smallest absolute Gasteiger partial charge is 0.0929 e. The van der Waals surface area contributed by atoms with Crippen molar-refractivity contribution in [2.45, 2.75) is 12.6 Å². The van der Waals surface area contributed by atoms with Gasteiger partial charge in [0, 0.05) is 38.0 Å². The van der Waals surface area contributed by atoms with Crippen LogP contribution in [-0.2, 0) is 6.54 Å². The lowest BCUT2D eigenvalue weighted by atomic mass is 10.1. The Morgan fingerprint density at radius 3 is 2.79 bits per heavy atom. The summed E-state index contributed by atoms with van der Waals surface area (Å²) >= 11 is 17.1. The molecule has 1 unspecified atom stereocenters. The molecule has 0 aliphatic rings. The summed E-state index contributed by atoms with van der Waals surface area (Å²) in [6.45, 7) is 1.12. The average molecular weight is 381 g/mol. The summed E-state index contributed by atoms with van der Waals surface area (Å²) in [5.74, 6) is 0. The Labute approximate surface area is 134 Å². The largest absolute Gasteiger partial charge is 0.387 e. The number of hydrogen-bond donors (Lipinski definition) is 2. The second kappa shape index (κ2) is 7.07. The van der Waals surface area contributed by atoms with Gasteiger partial charge in [-0.05, 0) is 45.6 Å². The van der Waals surface area contributed by atoms with Gasteiger partial charge < -0.3 is 10.4 Å². The third-order valence-electron chi connectivity index (χ3n) is 2.63. The van der Waals surface area contributed by atoms with E-state index in [1.54, 1.807) is 29.5 Å². The molecule has 0 aliphatic heterocycles. The lowest BCUT2D eigenvalue weighted by Gasteiger charge is -2.14. The Hall–Kier alpha value is -0.100. The molecular formula is C13H12BrCl2NOS. The second-order valence-electron chi connectivity index (χ2n) is 4.00. The number of benzene rings is 1. The van der Waals surface area contributed by atoms with Crippen LogP contribution < -0.4 is 5.32 Å². The van der Waals surface area contributed by atoms with E-state index in [0.717, 1.165) is 4.47 Å². The van der Waals surface area contributed by atoms with E-state index in [1.165, 1.54) is 4.88 Å². The average Bonchev–Trinajstić information content (AvgIpc) is 2.78. The van der Waals surface area contributed by atoms with Crippen molar-refractivity contribution >= 4 is 50.5 Å². The third kappa shape index (κ3) is 4.18. The van der Waals surface area contributed by atoms with E-state index in [1.807, 2.05) is 11.4 Å². The van der Waals surface area contributed by atoms with Crippen LogP contribution in [0.2, 0.25) is 10.0 Å². The van der Waals surface area contributed by atoms with Crippen LogP contribution in [0.5, 0.6) is 0 Å². The molecular weight excluding hydrogens is 369 g/mol. The molecule has 0 spiro atoms. The van der Waals surface area contributed by atoms with Crippen molar-refractivity contribution in [3.8, 4) is 0 Å². The monoisotopic (exact) mass is 379 g/mol. The minimum atomic E-state index is -0.676. The highest BCUT2D eigenvalue weighted by atomic mass is 79.9. The molecule has 1 heterocycles. The minimum absolute atomic E-state index is 0.421. The first kappa shape index (κ1) is 15.3. The first-order valence-corrected chi connectivity index (χ1v) is 8.06. The zero-order valence-corrected chi connectivity index (χ0v) is 13.8. The highest BCUT2D eigenvalue weighted by Gasteiger charge is 2.12. The number of aliphatic hydroxyl groups excluding tert-OH is 1. The highest BCUT2D eigenvalue weighted by molar-refractivity contribution is 9.10. The predicted molar refractivity (Wildman–Crippen MR) is 85.1 cm³/mol. The Morgan fingerprint density at radius 1 is 1.32 bits per heavy atom. The Bertz CT molecular complexity index is 561. The van der Waals surface area contributed by atoms with Gasteiger partial charge in [0.05, 0.1) is 6.10 Å². The van der Waals surface area contributed by atoms with Crippen LogP contribution in [0.15, 0.2) is 34.1 Å². The highest BCUT2D eigenvalue weighted by Crippen LogP contribution is 2.26. The molecule has 102 valence electrons. The maximum absolute atomic E-state index is 10.1. The van der Waals surface area contributed by atoms with Crippen molar-refractivity contribution in [3.05, 3.63) is 54.6 Å². The summed E-state index contributed by atoms with van der Waals surface area (Å²) in [7, 11) is 0. The van der Waals surface area contributed by atoms with Crippen molar-refractivity contribution in [1.29, 1.82) is 0 Å². The zero-order chi connectivity index (χ0) is 13.8. The molecule has 0 fully saturated rings. The molecule has 2 nitrogen and oxygen atoms in total. The summed E-state index contributed by atoms with van der Waals surface area (Å²) in [5, 5.41) is 16.4. The molecule has 0 saturated heterocycles. The Kier molecular flexibility index (Phi) is 5.69. The number of thiophene rings is 1. The molecule has 0 radical (unpaired) electrons. The van der Waals surface area contributed by atoms with Crippen molar-refractivity contribution in [2.24, 2.45) is 0 Å². The fourth-order valence-corrected chi connectivity index (χ4v) is 3.54. The zero-order valence-electron chi connectivity index (χ0n) is 9.87. The summed E-state index contributed by atoms with van der Waals surface area (Å²) in [6.07, 6.45) is -0.676. The van der Waals surface area contributed by atoms with E-state index in [-0.39, 0.29) is 0 Å². The molecule has 0 bridgehead atoms. The molecule has 1 atom stereocenters. The molecule has 0 saturated carbocycles. The lowest BCUT2D eigenvalue weighted by molar-refractivity contribution is 0.174. The number of rotatable bonds is 5. The SMILES string of the molecule is OC(CNCc1sccc1Br)c1cc(Cl)ccc1Cl. The third-order valence-corrected chi connectivity index (χ3v) is 5.14. The number of aliphatic hydroxyl groups is 1. The molecule has 2 N–H and O–H groups in total.